The van der Waals surface area contributed by atoms with Crippen molar-refractivity contribution in [1.82, 2.24) is 15.1 Å². The quantitative estimate of drug-likeness (QED) is 0.885. The van der Waals surface area contributed by atoms with Gasteiger partial charge in [-0.25, -0.2) is 0 Å². The van der Waals surface area contributed by atoms with E-state index in [1.807, 2.05) is 4.90 Å². The number of carbonyl (C=O) groups is 2. The summed E-state index contributed by atoms with van der Waals surface area (Å²) in [7, 11) is 1.58. The second-order valence-corrected chi connectivity index (χ2v) is 6.87. The smallest absolute Gasteiger partial charge is 0.231 e. The lowest BCUT2D eigenvalue weighted by Gasteiger charge is -2.23. The van der Waals surface area contributed by atoms with Crippen molar-refractivity contribution in [2.24, 2.45) is 5.92 Å². The van der Waals surface area contributed by atoms with E-state index in [1.54, 1.807) is 7.11 Å². The van der Waals surface area contributed by atoms with Crippen LogP contribution >= 0.6 is 11.3 Å². The van der Waals surface area contributed by atoms with Gasteiger partial charge in [0.05, 0.1) is 5.92 Å². The molecule has 0 aromatic carbocycles. The topological polar surface area (TPSA) is 84.4 Å². The maximum atomic E-state index is 12.3. The van der Waals surface area contributed by atoms with Crippen LogP contribution in [0.4, 0.5) is 5.13 Å². The van der Waals surface area contributed by atoms with Crippen molar-refractivity contribution in [3.63, 3.8) is 0 Å². The maximum absolute atomic E-state index is 12.3. The average molecular weight is 324 g/mol. The van der Waals surface area contributed by atoms with E-state index < -0.39 is 0 Å². The van der Waals surface area contributed by atoms with Crippen LogP contribution in [0.15, 0.2) is 0 Å². The number of nitrogens with one attached hydrogen (secondary N) is 1. The summed E-state index contributed by atoms with van der Waals surface area (Å²) in [6.07, 6.45) is 4.79. The van der Waals surface area contributed by atoms with Gasteiger partial charge in [0.2, 0.25) is 16.9 Å². The zero-order valence-corrected chi connectivity index (χ0v) is 13.4. The molecule has 2 heterocycles. The molecule has 8 heteroatoms. The second kappa shape index (κ2) is 6.70. The maximum Gasteiger partial charge on any atom is 0.231 e. The molecule has 1 atom stereocenters. The van der Waals surface area contributed by atoms with Gasteiger partial charge in [-0.1, -0.05) is 24.2 Å². The van der Waals surface area contributed by atoms with Crippen LogP contribution in [-0.2, 0) is 20.9 Å². The van der Waals surface area contributed by atoms with Crippen molar-refractivity contribution in [3.8, 4) is 0 Å². The molecule has 3 rings (SSSR count). The number of carbonyl (C=O) groups excluding carboxylic acids is 2. The van der Waals surface area contributed by atoms with Crippen LogP contribution in [0, 0.1) is 5.92 Å². The van der Waals surface area contributed by atoms with E-state index in [1.165, 1.54) is 24.2 Å². The summed E-state index contributed by atoms with van der Waals surface area (Å²) in [6.45, 7) is 0.907. The summed E-state index contributed by atoms with van der Waals surface area (Å²) in [4.78, 5) is 26.3. The average Bonchev–Trinajstić information content (AvgIpc) is 3.19. The monoisotopic (exact) mass is 324 g/mol. The minimum Gasteiger partial charge on any atom is -0.377 e. The van der Waals surface area contributed by atoms with Gasteiger partial charge in [-0.3, -0.25) is 9.59 Å². The van der Waals surface area contributed by atoms with Crippen molar-refractivity contribution in [2.45, 2.75) is 44.8 Å². The van der Waals surface area contributed by atoms with Crippen LogP contribution in [0.2, 0.25) is 0 Å². The molecule has 1 aliphatic carbocycles. The highest BCUT2D eigenvalue weighted by atomic mass is 32.1. The van der Waals surface area contributed by atoms with Crippen LogP contribution in [0.3, 0.4) is 0 Å². The van der Waals surface area contributed by atoms with Gasteiger partial charge in [0, 0.05) is 26.1 Å². The lowest BCUT2D eigenvalue weighted by atomic mass is 10.1. The van der Waals surface area contributed by atoms with Crippen molar-refractivity contribution in [3.05, 3.63) is 5.01 Å². The van der Waals surface area contributed by atoms with Gasteiger partial charge in [0.15, 0.2) is 0 Å². The van der Waals surface area contributed by atoms with Crippen LogP contribution in [-0.4, -0.2) is 46.6 Å². The molecule has 1 aromatic heterocycles. The molecule has 0 bridgehead atoms. The SMILES string of the molecule is COCc1nnc(NC(=O)[C@H]2CC(=O)N(C3CCCC3)C2)s1. The Kier molecular flexibility index (Phi) is 4.68. The fourth-order valence-corrected chi connectivity index (χ4v) is 3.88. The highest BCUT2D eigenvalue weighted by Crippen LogP contribution is 2.30. The molecule has 1 aromatic rings. The molecule has 0 radical (unpaired) electrons. The fourth-order valence-electron chi connectivity index (χ4n) is 3.17. The van der Waals surface area contributed by atoms with Gasteiger partial charge < -0.3 is 15.0 Å². The van der Waals surface area contributed by atoms with Crippen LogP contribution in [0.25, 0.3) is 0 Å². The Balaban J connectivity index is 1.57. The van der Waals surface area contributed by atoms with Crippen molar-refractivity contribution >= 4 is 28.3 Å². The van der Waals surface area contributed by atoms with E-state index >= 15 is 0 Å². The molecule has 7 nitrogen and oxygen atoms in total. The first-order chi connectivity index (χ1) is 10.7. The number of anilines is 1. The van der Waals surface area contributed by atoms with Gasteiger partial charge in [-0.2, -0.15) is 0 Å². The first-order valence-electron chi connectivity index (χ1n) is 7.59. The van der Waals surface area contributed by atoms with E-state index in [-0.39, 0.29) is 17.7 Å². The highest BCUT2D eigenvalue weighted by molar-refractivity contribution is 7.15. The molecule has 2 amide bonds. The Labute approximate surface area is 133 Å². The molecule has 22 heavy (non-hydrogen) atoms. The van der Waals surface area contributed by atoms with Gasteiger partial charge in [0.1, 0.15) is 11.6 Å². The van der Waals surface area contributed by atoms with Gasteiger partial charge in [0.25, 0.3) is 0 Å². The second-order valence-electron chi connectivity index (χ2n) is 5.81. The molecule has 120 valence electrons. The fraction of sp³-hybridized carbons (Fsp3) is 0.714. The minimum atomic E-state index is -0.289. The van der Waals surface area contributed by atoms with Gasteiger partial charge >= 0.3 is 0 Å². The summed E-state index contributed by atoms with van der Waals surface area (Å²) >= 11 is 1.29. The largest absolute Gasteiger partial charge is 0.377 e. The van der Waals surface area contributed by atoms with E-state index in [0.29, 0.717) is 35.8 Å². The molecular formula is C14H20N4O3S. The number of methoxy groups -OCH3 is 1. The number of hydrogen-bond acceptors (Lipinski definition) is 6. The lowest BCUT2D eigenvalue weighted by molar-refractivity contribution is -0.129. The van der Waals surface area contributed by atoms with Crippen molar-refractivity contribution < 1.29 is 14.3 Å². The highest BCUT2D eigenvalue weighted by Gasteiger charge is 2.38. The Morgan fingerprint density at radius 3 is 2.91 bits per heavy atom. The summed E-state index contributed by atoms with van der Waals surface area (Å²) in [5.74, 6) is -0.332. The van der Waals surface area contributed by atoms with E-state index in [9.17, 15) is 9.59 Å². The Bertz CT molecular complexity index is 556. The third-order valence-electron chi connectivity index (χ3n) is 4.26. The molecule has 2 aliphatic rings. The summed E-state index contributed by atoms with van der Waals surface area (Å²) in [5, 5.41) is 11.8. The third kappa shape index (κ3) is 3.27. The number of hydrogen-bond donors (Lipinski definition) is 1. The van der Waals surface area contributed by atoms with Crippen LogP contribution in [0.5, 0.6) is 0 Å². The van der Waals surface area contributed by atoms with Crippen LogP contribution < -0.4 is 5.32 Å². The molecular weight excluding hydrogens is 304 g/mol. The van der Waals surface area contributed by atoms with Crippen LogP contribution in [0.1, 0.15) is 37.1 Å². The molecule has 1 aliphatic heterocycles. The standard InChI is InChI=1S/C14H20N4O3S/c1-21-8-11-16-17-14(22-11)15-13(20)9-6-12(19)18(7-9)10-4-2-3-5-10/h9-10H,2-8H2,1H3,(H,15,17,20)/t9-/m0/s1. The molecule has 0 unspecified atom stereocenters. The first kappa shape index (κ1) is 15.4. The Morgan fingerprint density at radius 2 is 2.18 bits per heavy atom. The first-order valence-corrected chi connectivity index (χ1v) is 8.40. The van der Waals surface area contributed by atoms with Crippen molar-refractivity contribution in [2.75, 3.05) is 19.0 Å². The van der Waals surface area contributed by atoms with Gasteiger partial charge in [-0.05, 0) is 12.8 Å². The number of ether oxygens (including phenoxy) is 1. The van der Waals surface area contributed by atoms with E-state index in [4.69, 9.17) is 4.74 Å². The number of amides is 2. The Morgan fingerprint density at radius 1 is 1.41 bits per heavy atom. The summed E-state index contributed by atoms with van der Waals surface area (Å²) in [5.41, 5.74) is 0. The van der Waals surface area contributed by atoms with E-state index in [0.717, 1.165) is 12.8 Å². The predicted molar refractivity (Wildman–Crippen MR) is 81.3 cm³/mol. The molecule has 2 fully saturated rings. The zero-order valence-electron chi connectivity index (χ0n) is 12.6. The Hall–Kier alpha value is -1.54. The number of rotatable bonds is 5. The number of nitrogens with zero attached hydrogens (tertiary/aromatic N) is 3. The number of aromatic nitrogens is 2. The van der Waals surface area contributed by atoms with Gasteiger partial charge in [-0.15, -0.1) is 10.2 Å². The number of likely N-dealkylation sites (tertiary alicyclic amines) is 1. The third-order valence-corrected chi connectivity index (χ3v) is 5.07. The van der Waals surface area contributed by atoms with E-state index in [2.05, 4.69) is 15.5 Å². The minimum absolute atomic E-state index is 0.101. The molecule has 1 N–H and O–H groups in total. The predicted octanol–water partition coefficient (Wildman–Crippen LogP) is 1.41. The molecule has 1 saturated heterocycles. The van der Waals surface area contributed by atoms with Crippen molar-refractivity contribution in [1.29, 1.82) is 0 Å². The zero-order chi connectivity index (χ0) is 15.5. The molecule has 1 saturated carbocycles. The summed E-state index contributed by atoms with van der Waals surface area (Å²) < 4.78 is 4.97. The molecule has 0 spiro atoms. The lowest BCUT2D eigenvalue weighted by Crippen LogP contribution is -2.35. The summed E-state index contributed by atoms with van der Waals surface area (Å²) in [6, 6.07) is 0.333. The normalized spacial score (nSPS) is 22.5.